The van der Waals surface area contributed by atoms with Gasteiger partial charge in [0, 0.05) is 0 Å². The number of pyridine rings is 1. The van der Waals surface area contributed by atoms with E-state index in [0.29, 0.717) is 0 Å². The molecule has 6 heteroatoms. The molecule has 0 aromatic carbocycles. The Morgan fingerprint density at radius 1 is 1.75 bits per heavy atom. The first kappa shape index (κ1) is 7.94. The van der Waals surface area contributed by atoms with Crippen LogP contribution in [0.1, 0.15) is 5.69 Å². The molecule has 0 aliphatic heterocycles. The molecule has 1 rings (SSSR count). The number of aromatic hydroxyl groups is 1. The van der Waals surface area contributed by atoms with Gasteiger partial charge in [-0.1, -0.05) is 0 Å². The van der Waals surface area contributed by atoms with Gasteiger partial charge in [-0.05, 0) is 0 Å². The molecule has 0 aliphatic carbocycles. The molecule has 0 aliphatic rings. The van der Waals surface area contributed by atoms with Gasteiger partial charge in [-0.3, -0.25) is 10.1 Å². The molecule has 0 amide bonds. The van der Waals surface area contributed by atoms with E-state index in [4.69, 9.17) is 10.4 Å². The van der Waals surface area contributed by atoms with Gasteiger partial charge >= 0.3 is 5.69 Å². The highest BCUT2D eigenvalue weighted by Crippen LogP contribution is 2.19. The summed E-state index contributed by atoms with van der Waals surface area (Å²) in [7, 11) is 0. The summed E-state index contributed by atoms with van der Waals surface area (Å²) >= 11 is 0. The van der Waals surface area contributed by atoms with Gasteiger partial charge in [0.15, 0.2) is 0 Å². The van der Waals surface area contributed by atoms with E-state index in [1.165, 1.54) is 0 Å². The highest BCUT2D eigenvalue weighted by atomic mass is 16.6. The van der Waals surface area contributed by atoms with E-state index in [9.17, 15) is 10.1 Å². The van der Waals surface area contributed by atoms with E-state index in [2.05, 4.69) is 4.98 Å². The summed E-state index contributed by atoms with van der Waals surface area (Å²) in [4.78, 5) is 12.8. The van der Waals surface area contributed by atoms with Crippen molar-refractivity contribution in [2.45, 2.75) is 0 Å². The van der Waals surface area contributed by atoms with Crippen LogP contribution in [0.15, 0.2) is 12.3 Å². The molecular weight excluding hydrogens is 162 g/mol. The predicted molar refractivity (Wildman–Crippen MR) is 37.3 cm³/mol. The summed E-state index contributed by atoms with van der Waals surface area (Å²) < 4.78 is 0. The lowest BCUT2D eigenvalue weighted by atomic mass is 10.3. The van der Waals surface area contributed by atoms with E-state index in [1.54, 1.807) is 6.07 Å². The van der Waals surface area contributed by atoms with Crippen LogP contribution in [0.2, 0.25) is 0 Å². The minimum absolute atomic E-state index is 0.308. The Bertz CT molecular complexity index is 369. The number of hydrogen-bond acceptors (Lipinski definition) is 5. The van der Waals surface area contributed by atoms with E-state index in [0.717, 1.165) is 12.3 Å². The van der Waals surface area contributed by atoms with E-state index < -0.39 is 10.6 Å². The Morgan fingerprint density at radius 2 is 2.42 bits per heavy atom. The van der Waals surface area contributed by atoms with Crippen LogP contribution in [0.3, 0.4) is 0 Å². The van der Waals surface area contributed by atoms with Crippen LogP contribution in [0.5, 0.6) is 5.75 Å². The minimum atomic E-state index is -0.773. The zero-order valence-corrected chi connectivity index (χ0v) is 5.76. The fourth-order valence-corrected chi connectivity index (χ4v) is 0.668. The largest absolute Gasteiger partial charge is 0.506 e. The summed E-state index contributed by atoms with van der Waals surface area (Å²) in [6.45, 7) is 0. The standard InChI is InChI=1S/C6H3N3O3/c7-2-5-6(9(11)12)1-4(10)3-8-5/h1,3,10H. The zero-order chi connectivity index (χ0) is 9.14. The topological polar surface area (TPSA) is 100 Å². The average Bonchev–Trinajstić information content (AvgIpc) is 2.04. The van der Waals surface area contributed by atoms with Gasteiger partial charge in [-0.2, -0.15) is 5.26 Å². The minimum Gasteiger partial charge on any atom is -0.506 e. The maximum Gasteiger partial charge on any atom is 0.309 e. The van der Waals surface area contributed by atoms with Gasteiger partial charge in [0.25, 0.3) is 0 Å². The Hall–Kier alpha value is -2.16. The first-order valence-electron chi connectivity index (χ1n) is 2.88. The van der Waals surface area contributed by atoms with Gasteiger partial charge in [0.05, 0.1) is 17.2 Å². The Balaban J connectivity index is 3.34. The monoisotopic (exact) mass is 165 g/mol. The predicted octanol–water partition coefficient (Wildman–Crippen LogP) is 0.567. The van der Waals surface area contributed by atoms with Crippen LogP contribution in [0.25, 0.3) is 0 Å². The molecule has 0 radical (unpaired) electrons. The molecule has 0 spiro atoms. The molecule has 1 aromatic rings. The van der Waals surface area contributed by atoms with E-state index in [-0.39, 0.29) is 11.4 Å². The highest BCUT2D eigenvalue weighted by Gasteiger charge is 2.15. The lowest BCUT2D eigenvalue weighted by molar-refractivity contribution is -0.385. The van der Waals surface area contributed by atoms with Gasteiger partial charge in [-0.15, -0.1) is 0 Å². The number of nitrogens with zero attached hydrogens (tertiary/aromatic N) is 3. The molecule has 1 aromatic heterocycles. The smallest absolute Gasteiger partial charge is 0.309 e. The third-order valence-electron chi connectivity index (χ3n) is 1.16. The summed E-state index contributed by atoms with van der Waals surface area (Å²) in [5.41, 5.74) is -0.796. The summed E-state index contributed by atoms with van der Waals surface area (Å²) in [6, 6.07) is 2.42. The molecule has 1 heterocycles. The Labute approximate surface area is 66.9 Å². The van der Waals surface area contributed by atoms with Gasteiger partial charge < -0.3 is 5.11 Å². The summed E-state index contributed by atoms with van der Waals surface area (Å²) in [5, 5.41) is 27.4. The number of hydrogen-bond donors (Lipinski definition) is 1. The number of aromatic nitrogens is 1. The van der Waals surface area contributed by atoms with Crippen LogP contribution in [0, 0.1) is 21.4 Å². The van der Waals surface area contributed by atoms with Crippen molar-refractivity contribution in [2.75, 3.05) is 0 Å². The fourth-order valence-electron chi connectivity index (χ4n) is 0.668. The van der Waals surface area contributed by atoms with Crippen molar-refractivity contribution in [3.05, 3.63) is 28.1 Å². The molecule has 6 nitrogen and oxygen atoms in total. The molecule has 1 N–H and O–H groups in total. The Morgan fingerprint density at radius 3 is 2.92 bits per heavy atom. The van der Waals surface area contributed by atoms with Crippen molar-refractivity contribution in [2.24, 2.45) is 0 Å². The van der Waals surface area contributed by atoms with Crippen molar-refractivity contribution >= 4 is 5.69 Å². The van der Waals surface area contributed by atoms with E-state index in [1.807, 2.05) is 0 Å². The number of nitro groups is 1. The highest BCUT2D eigenvalue weighted by molar-refractivity contribution is 5.46. The van der Waals surface area contributed by atoms with E-state index >= 15 is 0 Å². The van der Waals surface area contributed by atoms with Crippen LogP contribution in [0.4, 0.5) is 5.69 Å². The molecule has 0 saturated heterocycles. The van der Waals surface area contributed by atoms with Crippen molar-refractivity contribution in [3.63, 3.8) is 0 Å². The van der Waals surface area contributed by atoms with Crippen molar-refractivity contribution in [1.29, 1.82) is 5.26 Å². The van der Waals surface area contributed by atoms with Crippen molar-refractivity contribution in [3.8, 4) is 11.8 Å². The third-order valence-corrected chi connectivity index (χ3v) is 1.16. The molecule has 0 fully saturated rings. The summed E-state index contributed by atoms with van der Waals surface area (Å²) in [6.07, 6.45) is 0.978. The fraction of sp³-hybridized carbons (Fsp3) is 0. The second-order valence-electron chi connectivity index (χ2n) is 1.93. The van der Waals surface area contributed by atoms with Crippen LogP contribution >= 0.6 is 0 Å². The van der Waals surface area contributed by atoms with Crippen molar-refractivity contribution < 1.29 is 10.0 Å². The van der Waals surface area contributed by atoms with Crippen LogP contribution in [-0.4, -0.2) is 15.0 Å². The maximum atomic E-state index is 10.2. The Kier molecular flexibility index (Phi) is 1.88. The first-order valence-corrected chi connectivity index (χ1v) is 2.88. The molecule has 0 saturated carbocycles. The van der Waals surface area contributed by atoms with Gasteiger partial charge in [0.1, 0.15) is 11.8 Å². The van der Waals surface area contributed by atoms with Crippen molar-refractivity contribution in [1.82, 2.24) is 4.98 Å². The second kappa shape index (κ2) is 2.84. The average molecular weight is 165 g/mol. The molecule has 60 valence electrons. The number of nitriles is 1. The number of rotatable bonds is 1. The molecule has 12 heavy (non-hydrogen) atoms. The molecule has 0 unspecified atom stereocenters. The van der Waals surface area contributed by atoms with Gasteiger partial charge in [-0.25, -0.2) is 4.98 Å². The molecule has 0 atom stereocenters. The normalized spacial score (nSPS) is 8.92. The SMILES string of the molecule is N#Cc1ncc(O)cc1[N+](=O)[O-]. The maximum absolute atomic E-state index is 10.2. The lowest BCUT2D eigenvalue weighted by Crippen LogP contribution is -1.93. The van der Waals surface area contributed by atoms with Gasteiger partial charge in [0.2, 0.25) is 5.69 Å². The molecule has 0 bridgehead atoms. The van der Waals surface area contributed by atoms with Crippen LogP contribution < -0.4 is 0 Å². The quantitative estimate of drug-likeness (QED) is 0.484. The summed E-state index contributed by atoms with van der Waals surface area (Å²) in [5.74, 6) is -0.333. The molecular formula is C6H3N3O3. The lowest BCUT2D eigenvalue weighted by Gasteiger charge is -1.93. The first-order chi connectivity index (χ1) is 5.65. The second-order valence-corrected chi connectivity index (χ2v) is 1.93. The zero-order valence-electron chi connectivity index (χ0n) is 5.76. The van der Waals surface area contributed by atoms with Crippen LogP contribution in [-0.2, 0) is 0 Å². The third kappa shape index (κ3) is 1.29.